The number of nitrogens with zero attached hydrogens (tertiary/aromatic N) is 7. The lowest BCUT2D eigenvalue weighted by molar-refractivity contribution is 0.270. The first-order valence-corrected chi connectivity index (χ1v) is 11.3. The van der Waals surface area contributed by atoms with Crippen molar-refractivity contribution >= 4 is 28.4 Å². The Morgan fingerprint density at radius 3 is 2.48 bits per heavy atom. The summed E-state index contributed by atoms with van der Waals surface area (Å²) in [6, 6.07) is 9.24. The van der Waals surface area contributed by atoms with Crippen LogP contribution < -0.4 is 10.2 Å². The van der Waals surface area contributed by atoms with E-state index in [1.807, 2.05) is 30.5 Å². The Balaban J connectivity index is 1.39. The molecule has 0 radical (unpaired) electrons. The molecule has 1 N–H and O–H groups in total. The third kappa shape index (κ3) is 4.36. The molecule has 1 saturated heterocycles. The summed E-state index contributed by atoms with van der Waals surface area (Å²) in [6.45, 7) is 9.85. The molecule has 1 fully saturated rings. The van der Waals surface area contributed by atoms with Crippen molar-refractivity contribution in [1.29, 1.82) is 0 Å². The van der Waals surface area contributed by atoms with Crippen LogP contribution in [0.5, 0.6) is 0 Å². The highest BCUT2D eigenvalue weighted by atomic mass is 19.1. The average molecular weight is 447 g/mol. The zero-order valence-electron chi connectivity index (χ0n) is 18.9. The molecular weight excluding hydrogens is 419 g/mol. The number of anilines is 3. The lowest BCUT2D eigenvalue weighted by Gasteiger charge is -2.34. The van der Waals surface area contributed by atoms with E-state index in [0.29, 0.717) is 16.9 Å². The van der Waals surface area contributed by atoms with Crippen molar-refractivity contribution < 1.29 is 4.39 Å². The van der Waals surface area contributed by atoms with Crippen LogP contribution in [-0.2, 0) is 6.54 Å². The third-order valence-corrected chi connectivity index (χ3v) is 6.09. The Morgan fingerprint density at radius 1 is 0.970 bits per heavy atom. The number of aromatic nitrogens is 5. The summed E-state index contributed by atoms with van der Waals surface area (Å²) in [5.41, 5.74) is 3.22. The number of piperazine rings is 1. The first-order chi connectivity index (χ1) is 16.1. The minimum atomic E-state index is -0.589. The molecular formula is C24H27FN8. The van der Waals surface area contributed by atoms with Gasteiger partial charge >= 0.3 is 0 Å². The molecule has 3 aromatic heterocycles. The van der Waals surface area contributed by atoms with E-state index in [9.17, 15) is 4.39 Å². The second-order valence-electron chi connectivity index (χ2n) is 8.05. The minimum absolute atomic E-state index is 0.300. The fourth-order valence-corrected chi connectivity index (χ4v) is 4.18. The Labute approximate surface area is 192 Å². The number of hydrogen-bond acceptors (Lipinski definition) is 7. The number of benzene rings is 1. The van der Waals surface area contributed by atoms with Crippen LogP contribution >= 0.6 is 0 Å². The van der Waals surface area contributed by atoms with Gasteiger partial charge in [0.2, 0.25) is 5.95 Å². The molecule has 0 saturated carbocycles. The van der Waals surface area contributed by atoms with Crippen LogP contribution in [0.1, 0.15) is 13.8 Å². The number of rotatable bonds is 6. The van der Waals surface area contributed by atoms with Crippen LogP contribution in [0.4, 0.5) is 21.6 Å². The molecule has 33 heavy (non-hydrogen) atoms. The number of halogens is 1. The van der Waals surface area contributed by atoms with Gasteiger partial charge in [-0.05, 0) is 37.7 Å². The predicted octanol–water partition coefficient (Wildman–Crippen LogP) is 3.93. The van der Waals surface area contributed by atoms with E-state index in [1.165, 1.54) is 6.07 Å². The predicted molar refractivity (Wildman–Crippen MR) is 128 cm³/mol. The van der Waals surface area contributed by atoms with Gasteiger partial charge in [0.05, 0.1) is 11.9 Å². The van der Waals surface area contributed by atoms with Crippen LogP contribution in [0.15, 0.2) is 48.9 Å². The Kier molecular flexibility index (Phi) is 5.87. The van der Waals surface area contributed by atoms with Gasteiger partial charge in [0.25, 0.3) is 0 Å². The number of imidazole rings is 1. The van der Waals surface area contributed by atoms with Gasteiger partial charge in [-0.25, -0.2) is 15.0 Å². The third-order valence-electron chi connectivity index (χ3n) is 6.09. The van der Waals surface area contributed by atoms with Crippen LogP contribution in [0, 0.1) is 5.95 Å². The zero-order chi connectivity index (χ0) is 22.8. The number of hydrogen-bond donors (Lipinski definition) is 1. The van der Waals surface area contributed by atoms with Gasteiger partial charge < -0.3 is 19.7 Å². The van der Waals surface area contributed by atoms with Crippen molar-refractivity contribution in [2.45, 2.75) is 20.4 Å². The summed E-state index contributed by atoms with van der Waals surface area (Å²) in [5, 5.41) is 3.27. The van der Waals surface area contributed by atoms with Gasteiger partial charge in [-0.1, -0.05) is 6.92 Å². The topological polar surface area (TPSA) is 75.0 Å². The molecule has 0 amide bonds. The largest absolute Gasteiger partial charge is 0.354 e. The van der Waals surface area contributed by atoms with E-state index in [1.54, 1.807) is 12.4 Å². The molecule has 4 aromatic rings. The highest BCUT2D eigenvalue weighted by Crippen LogP contribution is 2.27. The molecule has 170 valence electrons. The number of pyridine rings is 1. The maximum atomic E-state index is 14.4. The molecule has 5 rings (SSSR count). The normalized spacial score (nSPS) is 14.7. The van der Waals surface area contributed by atoms with Crippen molar-refractivity contribution in [2.75, 3.05) is 42.9 Å². The average Bonchev–Trinajstić information content (AvgIpc) is 3.33. The maximum absolute atomic E-state index is 14.4. The van der Waals surface area contributed by atoms with Crippen LogP contribution in [0.2, 0.25) is 0 Å². The first kappa shape index (κ1) is 21.3. The molecule has 0 atom stereocenters. The number of fused-ring (bicyclic) bond motifs is 1. The van der Waals surface area contributed by atoms with E-state index in [0.717, 1.165) is 62.2 Å². The number of likely N-dealkylation sites (N-methyl/N-ethyl adjacent to an activating group) is 1. The van der Waals surface area contributed by atoms with E-state index in [4.69, 9.17) is 0 Å². The first-order valence-electron chi connectivity index (χ1n) is 11.3. The van der Waals surface area contributed by atoms with Crippen molar-refractivity contribution in [3.8, 4) is 11.4 Å². The van der Waals surface area contributed by atoms with E-state index in [2.05, 4.69) is 53.5 Å². The Hall–Kier alpha value is -3.59. The molecule has 0 spiro atoms. The summed E-state index contributed by atoms with van der Waals surface area (Å²) in [4.78, 5) is 22.2. The van der Waals surface area contributed by atoms with E-state index in [-0.39, 0.29) is 0 Å². The quantitative estimate of drug-likeness (QED) is 0.450. The molecule has 8 nitrogen and oxygen atoms in total. The summed E-state index contributed by atoms with van der Waals surface area (Å²) >= 11 is 0. The van der Waals surface area contributed by atoms with Gasteiger partial charge in [0, 0.05) is 62.4 Å². The van der Waals surface area contributed by atoms with Crippen molar-refractivity contribution in [3.05, 3.63) is 54.9 Å². The fourth-order valence-electron chi connectivity index (χ4n) is 4.18. The second-order valence-corrected chi connectivity index (χ2v) is 8.05. The van der Waals surface area contributed by atoms with Gasteiger partial charge in [-0.3, -0.25) is 0 Å². The van der Waals surface area contributed by atoms with Gasteiger partial charge in [0.15, 0.2) is 5.65 Å². The number of nitrogens with one attached hydrogen (secondary N) is 1. The molecule has 0 unspecified atom stereocenters. The molecule has 1 aliphatic rings. The number of aryl methyl sites for hydroxylation is 1. The lowest BCUT2D eigenvalue weighted by atomic mass is 10.2. The summed E-state index contributed by atoms with van der Waals surface area (Å²) in [7, 11) is 0. The van der Waals surface area contributed by atoms with Crippen molar-refractivity contribution in [1.82, 2.24) is 29.4 Å². The van der Waals surface area contributed by atoms with Gasteiger partial charge in [-0.15, -0.1) is 0 Å². The molecule has 0 aliphatic carbocycles. The smallest absolute Gasteiger partial charge is 0.217 e. The fraction of sp³-hybridized carbons (Fsp3) is 0.333. The minimum Gasteiger partial charge on any atom is -0.354 e. The molecule has 4 heterocycles. The van der Waals surface area contributed by atoms with Gasteiger partial charge in [0.1, 0.15) is 17.2 Å². The summed E-state index contributed by atoms with van der Waals surface area (Å²) in [6.07, 6.45) is 5.51. The molecule has 1 aromatic carbocycles. The standard InChI is InChI=1S/C24H27FN8/c1-3-31-11-13-33(14-12-31)21-16-27-22-19(15-20(25)29-23(22)30-21)28-18-7-5-17(6-8-18)24-26-9-10-32(24)4-2/h5-10,15-16H,3-4,11-14H2,1-2H3,(H,28,29,30). The SMILES string of the molecule is CCN1CCN(c2cnc3c(Nc4ccc(-c5nccn5CC)cc4)cc(F)nc3n2)CC1. The van der Waals surface area contributed by atoms with Gasteiger partial charge in [-0.2, -0.15) is 9.37 Å². The van der Waals surface area contributed by atoms with E-state index >= 15 is 0 Å². The zero-order valence-corrected chi connectivity index (χ0v) is 18.9. The molecule has 9 heteroatoms. The highest BCUT2D eigenvalue weighted by Gasteiger charge is 2.19. The van der Waals surface area contributed by atoms with Crippen LogP contribution in [-0.4, -0.2) is 62.1 Å². The Morgan fingerprint density at radius 2 is 1.76 bits per heavy atom. The summed E-state index contributed by atoms with van der Waals surface area (Å²) < 4.78 is 16.4. The molecule has 1 aliphatic heterocycles. The van der Waals surface area contributed by atoms with Crippen LogP contribution in [0.25, 0.3) is 22.6 Å². The molecule has 0 bridgehead atoms. The highest BCUT2D eigenvalue weighted by molar-refractivity contribution is 5.88. The second kappa shape index (κ2) is 9.11. The maximum Gasteiger partial charge on any atom is 0.217 e. The van der Waals surface area contributed by atoms with Crippen LogP contribution in [0.3, 0.4) is 0 Å². The van der Waals surface area contributed by atoms with E-state index < -0.39 is 5.95 Å². The summed E-state index contributed by atoms with van der Waals surface area (Å²) in [5.74, 6) is 1.06. The van der Waals surface area contributed by atoms with Crippen molar-refractivity contribution in [3.63, 3.8) is 0 Å². The Bertz CT molecular complexity index is 1250. The monoisotopic (exact) mass is 446 g/mol. The van der Waals surface area contributed by atoms with Crippen molar-refractivity contribution in [2.24, 2.45) is 0 Å². The lowest BCUT2D eigenvalue weighted by Crippen LogP contribution is -2.46.